The standard InChI is InChI=1S/C21H24N4O2/c1-15-7-8-19-18(13-15)23-21(27-19)25-11-9-24(10-12-25)20(26)17(22)14-16-5-3-2-4-6-16/h2-8,13,17H,9-12,14,22H2,1H3. The van der Waals surface area contributed by atoms with Gasteiger partial charge < -0.3 is 20.0 Å². The monoisotopic (exact) mass is 364 g/mol. The van der Waals surface area contributed by atoms with E-state index >= 15 is 0 Å². The van der Waals surface area contributed by atoms with Gasteiger partial charge in [-0.1, -0.05) is 36.4 Å². The van der Waals surface area contributed by atoms with Gasteiger partial charge in [0.25, 0.3) is 6.01 Å². The first-order valence-electron chi connectivity index (χ1n) is 9.30. The van der Waals surface area contributed by atoms with Crippen LogP contribution in [0.25, 0.3) is 11.1 Å². The van der Waals surface area contributed by atoms with Crippen molar-refractivity contribution in [3.8, 4) is 0 Å². The third-order valence-electron chi connectivity index (χ3n) is 5.01. The van der Waals surface area contributed by atoms with E-state index in [1.165, 1.54) is 0 Å². The number of fused-ring (bicyclic) bond motifs is 1. The van der Waals surface area contributed by atoms with E-state index in [1.807, 2.05) is 60.4 Å². The number of rotatable bonds is 4. The van der Waals surface area contributed by atoms with E-state index in [4.69, 9.17) is 10.2 Å². The van der Waals surface area contributed by atoms with Gasteiger partial charge in [-0.15, -0.1) is 0 Å². The number of carbonyl (C=O) groups excluding carboxylic acids is 1. The van der Waals surface area contributed by atoms with Crippen LogP contribution in [0, 0.1) is 6.92 Å². The Balaban J connectivity index is 1.37. The van der Waals surface area contributed by atoms with Crippen molar-refractivity contribution in [1.29, 1.82) is 0 Å². The summed E-state index contributed by atoms with van der Waals surface area (Å²) in [5, 5.41) is 0. The summed E-state index contributed by atoms with van der Waals surface area (Å²) in [5.41, 5.74) is 10.1. The molecule has 6 nitrogen and oxygen atoms in total. The lowest BCUT2D eigenvalue weighted by Crippen LogP contribution is -2.53. The molecule has 1 amide bonds. The normalized spacial score (nSPS) is 15.9. The zero-order valence-electron chi connectivity index (χ0n) is 15.5. The third-order valence-corrected chi connectivity index (χ3v) is 5.01. The van der Waals surface area contributed by atoms with E-state index < -0.39 is 6.04 Å². The number of benzene rings is 2. The molecule has 140 valence electrons. The van der Waals surface area contributed by atoms with Crippen molar-refractivity contribution >= 4 is 23.0 Å². The van der Waals surface area contributed by atoms with Crippen molar-refractivity contribution < 1.29 is 9.21 Å². The van der Waals surface area contributed by atoms with Crippen molar-refractivity contribution in [1.82, 2.24) is 9.88 Å². The largest absolute Gasteiger partial charge is 0.423 e. The van der Waals surface area contributed by atoms with E-state index in [0.29, 0.717) is 38.6 Å². The van der Waals surface area contributed by atoms with Crippen molar-refractivity contribution in [3.63, 3.8) is 0 Å². The molecule has 1 aliphatic rings. The number of nitrogens with zero attached hydrogens (tertiary/aromatic N) is 3. The summed E-state index contributed by atoms with van der Waals surface area (Å²) in [6.45, 7) is 4.67. The third kappa shape index (κ3) is 3.80. The fourth-order valence-electron chi connectivity index (χ4n) is 3.47. The molecule has 2 heterocycles. The Morgan fingerprint density at radius 1 is 1.15 bits per heavy atom. The van der Waals surface area contributed by atoms with E-state index in [2.05, 4.69) is 9.88 Å². The Labute approximate surface area is 158 Å². The predicted octanol–water partition coefficient (Wildman–Crippen LogP) is 2.35. The number of hydrogen-bond donors (Lipinski definition) is 1. The maximum Gasteiger partial charge on any atom is 0.298 e. The second-order valence-corrected chi connectivity index (χ2v) is 7.08. The highest BCUT2D eigenvalue weighted by Gasteiger charge is 2.27. The van der Waals surface area contributed by atoms with E-state index in [0.717, 1.165) is 22.2 Å². The number of aryl methyl sites for hydroxylation is 1. The molecule has 0 saturated carbocycles. The number of anilines is 1. The molecular weight excluding hydrogens is 340 g/mol. The fourth-order valence-corrected chi connectivity index (χ4v) is 3.47. The first kappa shape index (κ1) is 17.5. The highest BCUT2D eigenvalue weighted by molar-refractivity contribution is 5.82. The Kier molecular flexibility index (Phi) is 4.81. The summed E-state index contributed by atoms with van der Waals surface area (Å²) in [7, 11) is 0. The lowest BCUT2D eigenvalue weighted by atomic mass is 10.1. The molecular formula is C21H24N4O2. The smallest absolute Gasteiger partial charge is 0.298 e. The van der Waals surface area contributed by atoms with Crippen LogP contribution < -0.4 is 10.6 Å². The van der Waals surface area contributed by atoms with E-state index in [9.17, 15) is 4.79 Å². The van der Waals surface area contributed by atoms with Crippen molar-refractivity contribution in [2.75, 3.05) is 31.1 Å². The van der Waals surface area contributed by atoms with Gasteiger partial charge in [0.15, 0.2) is 5.58 Å². The van der Waals surface area contributed by atoms with Gasteiger partial charge in [0.05, 0.1) is 6.04 Å². The van der Waals surface area contributed by atoms with Crippen LogP contribution in [-0.4, -0.2) is 48.0 Å². The number of piperazine rings is 1. The maximum atomic E-state index is 12.7. The predicted molar refractivity (Wildman–Crippen MR) is 106 cm³/mol. The molecule has 1 unspecified atom stereocenters. The molecule has 0 radical (unpaired) electrons. The highest BCUT2D eigenvalue weighted by atomic mass is 16.4. The van der Waals surface area contributed by atoms with Gasteiger partial charge in [-0.2, -0.15) is 4.98 Å². The average molecular weight is 364 g/mol. The zero-order valence-corrected chi connectivity index (χ0v) is 15.5. The fraction of sp³-hybridized carbons (Fsp3) is 0.333. The second-order valence-electron chi connectivity index (χ2n) is 7.08. The molecule has 27 heavy (non-hydrogen) atoms. The zero-order chi connectivity index (χ0) is 18.8. The molecule has 6 heteroatoms. The molecule has 1 atom stereocenters. The minimum atomic E-state index is -0.508. The Bertz CT molecular complexity index is 930. The summed E-state index contributed by atoms with van der Waals surface area (Å²) in [5.74, 6) is 0.00620. The van der Waals surface area contributed by atoms with Gasteiger partial charge in [-0.3, -0.25) is 4.79 Å². The molecule has 1 aliphatic heterocycles. The second kappa shape index (κ2) is 7.40. The van der Waals surface area contributed by atoms with Gasteiger partial charge >= 0.3 is 0 Å². The maximum absolute atomic E-state index is 12.7. The minimum absolute atomic E-state index is 0.00620. The molecule has 4 rings (SSSR count). The Hall–Kier alpha value is -2.86. The first-order chi connectivity index (χ1) is 13.1. The Morgan fingerprint density at radius 3 is 2.63 bits per heavy atom. The van der Waals surface area contributed by atoms with Crippen LogP contribution in [0.1, 0.15) is 11.1 Å². The summed E-state index contributed by atoms with van der Waals surface area (Å²) in [6.07, 6.45) is 0.560. The van der Waals surface area contributed by atoms with Gasteiger partial charge in [0, 0.05) is 26.2 Å². The molecule has 1 aromatic heterocycles. The highest BCUT2D eigenvalue weighted by Crippen LogP contribution is 2.23. The SMILES string of the molecule is Cc1ccc2oc(N3CCN(C(=O)C(N)Cc4ccccc4)CC3)nc2c1. The summed E-state index contributed by atoms with van der Waals surface area (Å²) >= 11 is 0. The van der Waals surface area contributed by atoms with Crippen LogP contribution in [0.3, 0.4) is 0 Å². The molecule has 0 aliphatic carbocycles. The average Bonchev–Trinajstić information content (AvgIpc) is 3.11. The van der Waals surface area contributed by atoms with Crippen LogP contribution in [0.15, 0.2) is 52.9 Å². The lowest BCUT2D eigenvalue weighted by molar-refractivity contribution is -0.132. The quantitative estimate of drug-likeness (QED) is 0.769. The number of nitrogens with two attached hydrogens (primary N) is 1. The van der Waals surface area contributed by atoms with Crippen LogP contribution in [0.4, 0.5) is 6.01 Å². The minimum Gasteiger partial charge on any atom is -0.423 e. The first-order valence-corrected chi connectivity index (χ1v) is 9.30. The number of carbonyl (C=O) groups is 1. The van der Waals surface area contributed by atoms with Gasteiger partial charge in [0.1, 0.15) is 5.52 Å². The van der Waals surface area contributed by atoms with E-state index in [1.54, 1.807) is 0 Å². The number of hydrogen-bond acceptors (Lipinski definition) is 5. The van der Waals surface area contributed by atoms with Crippen molar-refractivity contribution in [2.45, 2.75) is 19.4 Å². The molecule has 3 aromatic rings. The molecule has 1 fully saturated rings. The number of oxazole rings is 1. The Morgan fingerprint density at radius 2 is 1.89 bits per heavy atom. The van der Waals surface area contributed by atoms with Gasteiger partial charge in [-0.25, -0.2) is 0 Å². The lowest BCUT2D eigenvalue weighted by Gasteiger charge is -2.35. The molecule has 0 spiro atoms. The summed E-state index contributed by atoms with van der Waals surface area (Å²) in [6, 6.07) is 16.0. The molecule has 2 aromatic carbocycles. The van der Waals surface area contributed by atoms with Crippen molar-refractivity contribution in [3.05, 3.63) is 59.7 Å². The van der Waals surface area contributed by atoms with E-state index in [-0.39, 0.29) is 5.91 Å². The van der Waals surface area contributed by atoms with Gasteiger partial charge in [-0.05, 0) is 36.6 Å². The molecule has 2 N–H and O–H groups in total. The van der Waals surface area contributed by atoms with Crippen LogP contribution >= 0.6 is 0 Å². The van der Waals surface area contributed by atoms with Crippen molar-refractivity contribution in [2.24, 2.45) is 5.73 Å². The molecule has 0 bridgehead atoms. The number of amides is 1. The number of aromatic nitrogens is 1. The summed E-state index contributed by atoms with van der Waals surface area (Å²) in [4.78, 5) is 21.2. The topological polar surface area (TPSA) is 75.6 Å². The van der Waals surface area contributed by atoms with Crippen LogP contribution in [0.5, 0.6) is 0 Å². The van der Waals surface area contributed by atoms with Crippen LogP contribution in [-0.2, 0) is 11.2 Å². The summed E-state index contributed by atoms with van der Waals surface area (Å²) < 4.78 is 5.87. The molecule has 1 saturated heterocycles. The van der Waals surface area contributed by atoms with Gasteiger partial charge in [0.2, 0.25) is 5.91 Å². The van der Waals surface area contributed by atoms with Crippen LogP contribution in [0.2, 0.25) is 0 Å².